The van der Waals surface area contributed by atoms with Crippen LogP contribution in [0.15, 0.2) is 85.2 Å². The van der Waals surface area contributed by atoms with Crippen LogP contribution in [0.5, 0.6) is 5.75 Å². The maximum atomic E-state index is 12.7. The van der Waals surface area contributed by atoms with Gasteiger partial charge in [0.15, 0.2) is 0 Å². The summed E-state index contributed by atoms with van der Waals surface area (Å²) in [6.45, 7) is 0.937. The minimum absolute atomic E-state index is 0.209. The summed E-state index contributed by atoms with van der Waals surface area (Å²) >= 11 is 11.8. The highest BCUT2D eigenvalue weighted by Crippen LogP contribution is 2.18. The van der Waals surface area contributed by atoms with Crippen LogP contribution in [-0.2, 0) is 13.2 Å². The first-order valence-corrected chi connectivity index (χ1v) is 10.4. The molecule has 156 valence electrons. The quantitative estimate of drug-likeness (QED) is 0.370. The van der Waals surface area contributed by atoms with Gasteiger partial charge in [0.25, 0.3) is 5.91 Å². The van der Waals surface area contributed by atoms with Gasteiger partial charge < -0.3 is 10.1 Å². The molecule has 0 bridgehead atoms. The number of carbonyl (C=O) groups is 1. The maximum absolute atomic E-state index is 12.7. The molecule has 4 rings (SSSR count). The Balaban J connectivity index is 1.36. The molecule has 1 aromatic heterocycles. The summed E-state index contributed by atoms with van der Waals surface area (Å²) in [7, 11) is 0. The van der Waals surface area contributed by atoms with Gasteiger partial charge in [-0.3, -0.25) is 9.48 Å². The number of nitrogens with zero attached hydrogens (tertiary/aromatic N) is 2. The Kier molecular flexibility index (Phi) is 6.55. The molecule has 0 fully saturated rings. The fraction of sp³-hybridized carbons (Fsp3) is 0.0833. The van der Waals surface area contributed by atoms with E-state index in [9.17, 15) is 4.79 Å². The normalized spacial score (nSPS) is 10.6. The van der Waals surface area contributed by atoms with Crippen molar-refractivity contribution in [3.8, 4) is 5.75 Å². The topological polar surface area (TPSA) is 56.2 Å². The molecule has 0 spiro atoms. The summed E-state index contributed by atoms with van der Waals surface area (Å²) in [5, 5.41) is 8.54. The number of nitrogens with one attached hydrogen (secondary N) is 1. The molecule has 0 unspecified atom stereocenters. The Morgan fingerprint density at radius 1 is 0.935 bits per heavy atom. The molecule has 3 aromatic carbocycles. The summed E-state index contributed by atoms with van der Waals surface area (Å²) in [6.07, 6.45) is 3.42. The van der Waals surface area contributed by atoms with Crippen molar-refractivity contribution in [1.82, 2.24) is 9.78 Å². The van der Waals surface area contributed by atoms with Gasteiger partial charge in [-0.1, -0.05) is 47.5 Å². The highest BCUT2D eigenvalue weighted by atomic mass is 35.5. The van der Waals surface area contributed by atoms with Crippen molar-refractivity contribution < 1.29 is 9.53 Å². The van der Waals surface area contributed by atoms with E-state index in [4.69, 9.17) is 27.9 Å². The molecule has 0 aliphatic rings. The Morgan fingerprint density at radius 2 is 1.65 bits per heavy atom. The monoisotopic (exact) mass is 451 g/mol. The van der Waals surface area contributed by atoms with Gasteiger partial charge in [-0.15, -0.1) is 0 Å². The van der Waals surface area contributed by atoms with Crippen LogP contribution >= 0.6 is 23.2 Å². The third kappa shape index (κ3) is 5.87. The van der Waals surface area contributed by atoms with Gasteiger partial charge in [0.1, 0.15) is 12.4 Å². The number of ether oxygens (including phenoxy) is 1. The van der Waals surface area contributed by atoms with Crippen molar-refractivity contribution in [3.05, 3.63) is 112 Å². The summed E-state index contributed by atoms with van der Waals surface area (Å²) in [4.78, 5) is 12.7. The molecule has 7 heteroatoms. The second-order valence-corrected chi connectivity index (χ2v) is 7.82. The van der Waals surface area contributed by atoms with E-state index in [1.807, 2.05) is 42.5 Å². The highest BCUT2D eigenvalue weighted by molar-refractivity contribution is 6.30. The fourth-order valence-electron chi connectivity index (χ4n) is 2.99. The fourth-order valence-corrected chi connectivity index (χ4v) is 3.25. The lowest BCUT2D eigenvalue weighted by Gasteiger charge is -2.08. The molecule has 0 atom stereocenters. The number of hydrogen-bond donors (Lipinski definition) is 1. The molecule has 0 radical (unpaired) electrons. The van der Waals surface area contributed by atoms with E-state index in [1.54, 1.807) is 47.4 Å². The average Bonchev–Trinajstić information content (AvgIpc) is 3.22. The Labute approximate surface area is 190 Å². The molecular formula is C24H19Cl2N3O2. The Bertz CT molecular complexity index is 1170. The minimum Gasteiger partial charge on any atom is -0.489 e. The second-order valence-electron chi connectivity index (χ2n) is 6.95. The summed E-state index contributed by atoms with van der Waals surface area (Å²) in [5.74, 6) is 0.506. The summed E-state index contributed by atoms with van der Waals surface area (Å²) < 4.78 is 7.51. The SMILES string of the molecule is O=C(Nc1cnn(Cc2ccc(Cl)cc2)c1)c1cccc(COc2ccc(Cl)cc2)c1. The first-order valence-electron chi connectivity index (χ1n) is 9.61. The number of anilines is 1. The standard InChI is InChI=1S/C24H19Cl2N3O2/c25-20-6-4-17(5-7-20)14-29-15-22(13-27-29)28-24(30)19-3-1-2-18(12-19)16-31-23-10-8-21(26)9-11-23/h1-13,15H,14,16H2,(H,28,30). The number of amides is 1. The van der Waals surface area contributed by atoms with E-state index in [0.717, 1.165) is 11.1 Å². The molecular weight excluding hydrogens is 433 g/mol. The minimum atomic E-state index is -0.209. The van der Waals surface area contributed by atoms with E-state index in [0.29, 0.717) is 40.2 Å². The van der Waals surface area contributed by atoms with Crippen LogP contribution in [-0.4, -0.2) is 15.7 Å². The molecule has 5 nitrogen and oxygen atoms in total. The van der Waals surface area contributed by atoms with Gasteiger partial charge in [0, 0.05) is 21.8 Å². The lowest BCUT2D eigenvalue weighted by Crippen LogP contribution is -2.12. The van der Waals surface area contributed by atoms with Crippen molar-refractivity contribution in [2.24, 2.45) is 0 Å². The number of carbonyl (C=O) groups excluding carboxylic acids is 1. The van der Waals surface area contributed by atoms with Crippen LogP contribution < -0.4 is 10.1 Å². The zero-order valence-electron chi connectivity index (χ0n) is 16.5. The molecule has 1 amide bonds. The molecule has 1 heterocycles. The highest BCUT2D eigenvalue weighted by Gasteiger charge is 2.09. The van der Waals surface area contributed by atoms with Crippen LogP contribution in [0.3, 0.4) is 0 Å². The smallest absolute Gasteiger partial charge is 0.255 e. The lowest BCUT2D eigenvalue weighted by molar-refractivity contribution is 0.102. The molecule has 0 aliphatic heterocycles. The first-order chi connectivity index (χ1) is 15.0. The van der Waals surface area contributed by atoms with Gasteiger partial charge >= 0.3 is 0 Å². The zero-order chi connectivity index (χ0) is 21.6. The van der Waals surface area contributed by atoms with Gasteiger partial charge in [-0.2, -0.15) is 5.10 Å². The predicted molar refractivity (Wildman–Crippen MR) is 123 cm³/mol. The Morgan fingerprint density at radius 3 is 2.39 bits per heavy atom. The largest absolute Gasteiger partial charge is 0.489 e. The van der Waals surface area contributed by atoms with E-state index in [2.05, 4.69) is 10.4 Å². The van der Waals surface area contributed by atoms with Crippen LogP contribution in [0, 0.1) is 0 Å². The van der Waals surface area contributed by atoms with Crippen molar-refractivity contribution >= 4 is 34.8 Å². The molecule has 0 aliphatic carbocycles. The number of benzene rings is 3. The van der Waals surface area contributed by atoms with Gasteiger partial charge in [-0.05, 0) is 59.7 Å². The summed E-state index contributed by atoms with van der Waals surface area (Å²) in [6, 6.07) is 22.0. The van der Waals surface area contributed by atoms with Crippen LogP contribution in [0.1, 0.15) is 21.5 Å². The van der Waals surface area contributed by atoms with E-state index >= 15 is 0 Å². The van der Waals surface area contributed by atoms with Crippen molar-refractivity contribution in [3.63, 3.8) is 0 Å². The van der Waals surface area contributed by atoms with Crippen LogP contribution in [0.4, 0.5) is 5.69 Å². The Hall–Kier alpha value is -3.28. The molecule has 31 heavy (non-hydrogen) atoms. The third-order valence-electron chi connectivity index (χ3n) is 4.56. The van der Waals surface area contributed by atoms with E-state index in [-0.39, 0.29) is 5.91 Å². The number of rotatable bonds is 7. The van der Waals surface area contributed by atoms with E-state index in [1.165, 1.54) is 0 Å². The summed E-state index contributed by atoms with van der Waals surface area (Å²) in [5.41, 5.74) is 3.13. The number of aromatic nitrogens is 2. The van der Waals surface area contributed by atoms with Crippen molar-refractivity contribution in [1.29, 1.82) is 0 Å². The second kappa shape index (κ2) is 9.69. The third-order valence-corrected chi connectivity index (χ3v) is 5.06. The average molecular weight is 452 g/mol. The molecule has 0 saturated carbocycles. The first kappa shape index (κ1) is 21.0. The van der Waals surface area contributed by atoms with Gasteiger partial charge in [-0.25, -0.2) is 0 Å². The maximum Gasteiger partial charge on any atom is 0.255 e. The zero-order valence-corrected chi connectivity index (χ0v) is 18.0. The molecule has 0 saturated heterocycles. The van der Waals surface area contributed by atoms with E-state index < -0.39 is 0 Å². The lowest BCUT2D eigenvalue weighted by atomic mass is 10.1. The van der Waals surface area contributed by atoms with Crippen molar-refractivity contribution in [2.75, 3.05) is 5.32 Å². The number of hydrogen-bond acceptors (Lipinski definition) is 3. The van der Waals surface area contributed by atoms with Crippen molar-refractivity contribution in [2.45, 2.75) is 13.2 Å². The number of halogens is 2. The van der Waals surface area contributed by atoms with Gasteiger partial charge in [0.05, 0.1) is 18.4 Å². The molecule has 4 aromatic rings. The molecule has 1 N–H and O–H groups in total. The predicted octanol–water partition coefficient (Wildman–Crippen LogP) is 6.07. The van der Waals surface area contributed by atoms with Gasteiger partial charge in [0.2, 0.25) is 0 Å². The van der Waals surface area contributed by atoms with Crippen LogP contribution in [0.25, 0.3) is 0 Å². The van der Waals surface area contributed by atoms with Crippen LogP contribution in [0.2, 0.25) is 10.0 Å².